The number of ether oxygens (including phenoxy) is 1. The van der Waals surface area contributed by atoms with Gasteiger partial charge in [-0.1, -0.05) is 42.5 Å². The molecule has 0 aromatic heterocycles. The molecule has 0 radical (unpaired) electrons. The molecular weight excluding hydrogens is 352 g/mol. The van der Waals surface area contributed by atoms with E-state index in [1.165, 1.54) is 23.4 Å². The number of fused-ring (bicyclic) bond motifs is 1. The molecule has 0 bridgehead atoms. The summed E-state index contributed by atoms with van der Waals surface area (Å²) >= 11 is 0. The number of carbonyl (C=O) groups excluding carboxylic acids is 1. The first kappa shape index (κ1) is 20.0. The van der Waals surface area contributed by atoms with E-state index in [2.05, 4.69) is 60.0 Å². The van der Waals surface area contributed by atoms with Gasteiger partial charge in [0.2, 0.25) is 0 Å². The summed E-state index contributed by atoms with van der Waals surface area (Å²) in [7, 11) is 1.43. The third kappa shape index (κ3) is 5.15. The van der Waals surface area contributed by atoms with E-state index in [1.807, 2.05) is 0 Å². The molecule has 2 aromatic carbocycles. The lowest BCUT2D eigenvalue weighted by molar-refractivity contribution is 0.111. The Morgan fingerprint density at radius 3 is 2.68 bits per heavy atom. The molecule has 0 unspecified atom stereocenters. The van der Waals surface area contributed by atoms with Gasteiger partial charge in [0.25, 0.3) is 0 Å². The van der Waals surface area contributed by atoms with E-state index in [-0.39, 0.29) is 6.09 Å². The van der Waals surface area contributed by atoms with Crippen LogP contribution in [0.5, 0.6) is 0 Å². The largest absolute Gasteiger partial charge is 0.453 e. The molecule has 1 fully saturated rings. The van der Waals surface area contributed by atoms with Crippen molar-refractivity contribution in [2.75, 3.05) is 33.3 Å². The summed E-state index contributed by atoms with van der Waals surface area (Å²) in [5.41, 5.74) is 1.32. The van der Waals surface area contributed by atoms with Gasteiger partial charge in [-0.3, -0.25) is 4.99 Å². The summed E-state index contributed by atoms with van der Waals surface area (Å²) in [5, 5.41) is 9.42. The Morgan fingerprint density at radius 1 is 1.18 bits per heavy atom. The molecule has 1 saturated heterocycles. The average Bonchev–Trinajstić information content (AvgIpc) is 2.74. The normalized spacial score (nSPS) is 15.5. The first-order valence-corrected chi connectivity index (χ1v) is 10.1. The fourth-order valence-corrected chi connectivity index (χ4v) is 3.65. The SMILES string of the molecule is CCNC(=NCCc1cccc2ccccc12)NC1CCN(C(=O)OC)CC1. The van der Waals surface area contributed by atoms with E-state index < -0.39 is 0 Å². The molecule has 0 spiro atoms. The number of benzene rings is 2. The number of guanidine groups is 1. The number of amides is 1. The lowest BCUT2D eigenvalue weighted by atomic mass is 10.0. The van der Waals surface area contributed by atoms with E-state index in [0.717, 1.165) is 38.3 Å². The number of aliphatic imine (C=N–C) groups is 1. The highest BCUT2D eigenvalue weighted by Gasteiger charge is 2.23. The van der Waals surface area contributed by atoms with Crippen molar-refractivity contribution in [2.45, 2.75) is 32.2 Å². The minimum absolute atomic E-state index is 0.242. The molecule has 28 heavy (non-hydrogen) atoms. The molecule has 2 aromatic rings. The van der Waals surface area contributed by atoms with Crippen LogP contribution in [-0.4, -0.2) is 56.3 Å². The van der Waals surface area contributed by atoms with Crippen LogP contribution in [0, 0.1) is 0 Å². The lowest BCUT2D eigenvalue weighted by Gasteiger charge is -2.32. The predicted octanol–water partition coefficient (Wildman–Crippen LogP) is 3.17. The molecular formula is C22H30N4O2. The number of carbonyl (C=O) groups is 1. The number of piperidine rings is 1. The van der Waals surface area contributed by atoms with E-state index in [4.69, 9.17) is 9.73 Å². The molecule has 1 amide bonds. The summed E-state index contributed by atoms with van der Waals surface area (Å²) in [4.78, 5) is 18.1. The Hall–Kier alpha value is -2.76. The molecule has 150 valence electrons. The topological polar surface area (TPSA) is 66.0 Å². The van der Waals surface area contributed by atoms with Crippen molar-refractivity contribution < 1.29 is 9.53 Å². The highest BCUT2D eigenvalue weighted by Crippen LogP contribution is 2.19. The minimum atomic E-state index is -0.242. The summed E-state index contributed by atoms with van der Waals surface area (Å²) in [5.74, 6) is 0.847. The van der Waals surface area contributed by atoms with Crippen LogP contribution in [0.3, 0.4) is 0 Å². The van der Waals surface area contributed by atoms with Gasteiger partial charge in [0.15, 0.2) is 5.96 Å². The summed E-state index contributed by atoms with van der Waals surface area (Å²) < 4.78 is 4.80. The number of hydrogen-bond donors (Lipinski definition) is 2. The molecule has 2 N–H and O–H groups in total. The Labute approximate surface area is 167 Å². The first-order valence-electron chi connectivity index (χ1n) is 10.1. The second-order valence-electron chi connectivity index (χ2n) is 7.02. The third-order valence-electron chi connectivity index (χ3n) is 5.14. The maximum atomic E-state index is 11.6. The maximum absolute atomic E-state index is 11.6. The second-order valence-corrected chi connectivity index (χ2v) is 7.02. The summed E-state index contributed by atoms with van der Waals surface area (Å²) in [6.45, 7) is 5.03. The van der Waals surface area contributed by atoms with Gasteiger partial charge in [-0.15, -0.1) is 0 Å². The molecule has 0 atom stereocenters. The van der Waals surface area contributed by atoms with Gasteiger partial charge in [-0.2, -0.15) is 0 Å². The van der Waals surface area contributed by atoms with Gasteiger partial charge in [0.05, 0.1) is 7.11 Å². The van der Waals surface area contributed by atoms with Crippen LogP contribution in [0.4, 0.5) is 4.79 Å². The van der Waals surface area contributed by atoms with E-state index in [0.29, 0.717) is 19.1 Å². The molecule has 6 heteroatoms. The van der Waals surface area contributed by atoms with E-state index in [9.17, 15) is 4.79 Å². The zero-order valence-electron chi connectivity index (χ0n) is 16.8. The Morgan fingerprint density at radius 2 is 1.93 bits per heavy atom. The first-order chi connectivity index (χ1) is 13.7. The van der Waals surface area contributed by atoms with Crippen LogP contribution < -0.4 is 10.6 Å². The number of nitrogens with zero attached hydrogens (tertiary/aromatic N) is 2. The smallest absolute Gasteiger partial charge is 0.409 e. The number of rotatable bonds is 5. The van der Waals surface area contributed by atoms with Crippen LogP contribution in [0.2, 0.25) is 0 Å². The molecule has 3 rings (SSSR count). The van der Waals surface area contributed by atoms with Crippen molar-refractivity contribution >= 4 is 22.8 Å². The van der Waals surface area contributed by atoms with Gasteiger partial charge in [0, 0.05) is 32.2 Å². The molecule has 0 saturated carbocycles. The summed E-state index contributed by atoms with van der Waals surface area (Å²) in [6.07, 6.45) is 2.44. The van der Waals surface area contributed by atoms with Crippen molar-refractivity contribution in [1.29, 1.82) is 0 Å². The van der Waals surface area contributed by atoms with Crippen molar-refractivity contribution in [3.05, 3.63) is 48.0 Å². The quantitative estimate of drug-likeness (QED) is 0.616. The van der Waals surface area contributed by atoms with Gasteiger partial charge in [0.1, 0.15) is 0 Å². The number of methoxy groups -OCH3 is 1. The Balaban J connectivity index is 1.56. The number of likely N-dealkylation sites (tertiary alicyclic amines) is 1. The van der Waals surface area contributed by atoms with Gasteiger partial charge in [-0.25, -0.2) is 4.79 Å². The van der Waals surface area contributed by atoms with Crippen LogP contribution in [0.25, 0.3) is 10.8 Å². The highest BCUT2D eigenvalue weighted by atomic mass is 16.5. The van der Waals surface area contributed by atoms with Crippen molar-refractivity contribution in [1.82, 2.24) is 15.5 Å². The van der Waals surface area contributed by atoms with E-state index in [1.54, 1.807) is 4.90 Å². The monoisotopic (exact) mass is 382 g/mol. The Kier molecular flexibility index (Phi) is 7.12. The maximum Gasteiger partial charge on any atom is 0.409 e. The van der Waals surface area contributed by atoms with Crippen LogP contribution in [-0.2, 0) is 11.2 Å². The molecule has 1 heterocycles. The molecule has 6 nitrogen and oxygen atoms in total. The van der Waals surface area contributed by atoms with Crippen molar-refractivity contribution in [3.8, 4) is 0 Å². The fourth-order valence-electron chi connectivity index (χ4n) is 3.65. The highest BCUT2D eigenvalue weighted by molar-refractivity contribution is 5.85. The second kappa shape index (κ2) is 9.97. The molecule has 1 aliphatic rings. The lowest BCUT2D eigenvalue weighted by Crippen LogP contribution is -2.49. The standard InChI is InChI=1S/C22H30N4O2/c1-3-23-21(25-19-12-15-26(16-13-19)22(27)28-2)24-14-11-18-9-6-8-17-7-4-5-10-20(17)18/h4-10,19H,3,11-16H2,1-2H3,(H2,23,24,25). The zero-order valence-corrected chi connectivity index (χ0v) is 16.8. The fraction of sp³-hybridized carbons (Fsp3) is 0.455. The molecule has 0 aliphatic carbocycles. The molecule has 1 aliphatic heterocycles. The van der Waals surface area contributed by atoms with Crippen LogP contribution in [0.1, 0.15) is 25.3 Å². The van der Waals surface area contributed by atoms with Crippen LogP contribution in [0.15, 0.2) is 47.5 Å². The Bertz CT molecular complexity index is 808. The van der Waals surface area contributed by atoms with E-state index >= 15 is 0 Å². The number of nitrogens with one attached hydrogen (secondary N) is 2. The zero-order chi connectivity index (χ0) is 19.8. The third-order valence-corrected chi connectivity index (χ3v) is 5.14. The van der Waals surface area contributed by atoms with Gasteiger partial charge in [-0.05, 0) is 42.5 Å². The average molecular weight is 383 g/mol. The van der Waals surface area contributed by atoms with Crippen LogP contribution >= 0.6 is 0 Å². The van der Waals surface area contributed by atoms with Crippen molar-refractivity contribution in [3.63, 3.8) is 0 Å². The van der Waals surface area contributed by atoms with Crippen molar-refractivity contribution in [2.24, 2.45) is 4.99 Å². The number of hydrogen-bond acceptors (Lipinski definition) is 3. The summed E-state index contributed by atoms with van der Waals surface area (Å²) in [6, 6.07) is 15.2. The minimum Gasteiger partial charge on any atom is -0.453 e. The van der Waals surface area contributed by atoms with Gasteiger partial charge >= 0.3 is 6.09 Å². The predicted molar refractivity (Wildman–Crippen MR) is 114 cm³/mol. The van der Waals surface area contributed by atoms with Gasteiger partial charge < -0.3 is 20.3 Å².